The van der Waals surface area contributed by atoms with Crippen LogP contribution in [0.3, 0.4) is 0 Å². The van der Waals surface area contributed by atoms with Crippen LogP contribution in [0.4, 0.5) is 0 Å². The first-order valence-corrected chi connectivity index (χ1v) is 7.49. The Balaban J connectivity index is 0.00000176. The van der Waals surface area contributed by atoms with Crippen LogP contribution in [0.2, 0.25) is 0 Å². The number of carbonyl (C=O) groups excluding carboxylic acids is 1. The van der Waals surface area contributed by atoms with E-state index in [0.29, 0.717) is 11.7 Å². The van der Waals surface area contributed by atoms with Crippen LogP contribution in [0, 0.1) is 0 Å². The van der Waals surface area contributed by atoms with Crippen molar-refractivity contribution in [2.45, 2.75) is 18.9 Å². The Bertz CT molecular complexity index is 603. The van der Waals surface area contributed by atoms with Gasteiger partial charge in [0.15, 0.2) is 0 Å². The second-order valence-electron chi connectivity index (χ2n) is 5.51. The topological polar surface area (TPSA) is 48.1 Å². The Morgan fingerprint density at radius 2 is 1.82 bits per heavy atom. The number of hydrogen-bond acceptors (Lipinski definition) is 2. The number of likely N-dealkylation sites (tertiary alicyclic amines) is 1. The molecular weight excluding hydrogens is 298 g/mol. The van der Waals surface area contributed by atoms with Crippen molar-refractivity contribution in [1.82, 2.24) is 15.2 Å². The Hall–Kier alpha value is -1.78. The molecule has 4 nitrogen and oxygen atoms in total. The van der Waals surface area contributed by atoms with E-state index in [2.05, 4.69) is 10.3 Å². The van der Waals surface area contributed by atoms with Crippen LogP contribution in [0.5, 0.6) is 0 Å². The Morgan fingerprint density at radius 1 is 1.14 bits per heavy atom. The average molecular weight is 320 g/mol. The highest BCUT2D eigenvalue weighted by molar-refractivity contribution is 5.93. The second kappa shape index (κ2) is 7.47. The van der Waals surface area contributed by atoms with Gasteiger partial charge in [0.05, 0.1) is 0 Å². The molecule has 3 rings (SSSR count). The fourth-order valence-corrected chi connectivity index (χ4v) is 2.85. The van der Waals surface area contributed by atoms with Crippen LogP contribution in [0.25, 0.3) is 11.3 Å². The lowest BCUT2D eigenvalue weighted by atomic mass is 10.1. The zero-order valence-electron chi connectivity index (χ0n) is 12.7. The van der Waals surface area contributed by atoms with E-state index in [1.54, 1.807) is 0 Å². The molecule has 0 bridgehead atoms. The number of benzene rings is 1. The summed E-state index contributed by atoms with van der Waals surface area (Å²) in [6.07, 6.45) is 2.04. The minimum Gasteiger partial charge on any atom is -0.351 e. The summed E-state index contributed by atoms with van der Waals surface area (Å²) in [4.78, 5) is 17.7. The number of amides is 1. The summed E-state index contributed by atoms with van der Waals surface area (Å²) >= 11 is 0. The number of aromatic nitrogens is 1. The van der Waals surface area contributed by atoms with Crippen molar-refractivity contribution in [3.63, 3.8) is 0 Å². The first kappa shape index (κ1) is 16.6. The van der Waals surface area contributed by atoms with Crippen LogP contribution in [-0.2, 0) is 0 Å². The lowest BCUT2D eigenvalue weighted by Gasteiger charge is -2.31. The van der Waals surface area contributed by atoms with Gasteiger partial charge >= 0.3 is 0 Å². The molecule has 2 aromatic rings. The van der Waals surface area contributed by atoms with Crippen LogP contribution < -0.4 is 5.32 Å². The molecule has 2 heterocycles. The van der Waals surface area contributed by atoms with E-state index in [9.17, 15) is 4.79 Å². The van der Waals surface area contributed by atoms with Gasteiger partial charge in [-0.25, -0.2) is 0 Å². The van der Waals surface area contributed by atoms with E-state index in [1.165, 1.54) is 0 Å². The van der Waals surface area contributed by atoms with Gasteiger partial charge in [-0.2, -0.15) is 0 Å². The van der Waals surface area contributed by atoms with Gasteiger partial charge in [0.25, 0.3) is 5.91 Å². The highest BCUT2D eigenvalue weighted by Crippen LogP contribution is 2.20. The largest absolute Gasteiger partial charge is 0.351 e. The van der Waals surface area contributed by atoms with Crippen molar-refractivity contribution in [1.29, 1.82) is 0 Å². The highest BCUT2D eigenvalue weighted by atomic mass is 35.5. The van der Waals surface area contributed by atoms with Gasteiger partial charge in [-0.3, -0.25) is 4.79 Å². The molecule has 1 aliphatic rings. The first-order chi connectivity index (χ1) is 10.3. The van der Waals surface area contributed by atoms with E-state index >= 15 is 0 Å². The van der Waals surface area contributed by atoms with Gasteiger partial charge in [-0.05, 0) is 37.6 Å². The number of piperidine rings is 1. The molecule has 0 unspecified atom stereocenters. The lowest BCUT2D eigenvalue weighted by molar-refractivity contribution is 0.0702. The van der Waals surface area contributed by atoms with Crippen LogP contribution in [-0.4, -0.2) is 42.0 Å². The molecule has 118 valence electrons. The standard InChI is InChI=1S/C17H21N3O.ClH/c1-18-14-9-11-20(12-10-14)17(21)16-8-7-15(19-16)13-5-3-2-4-6-13;/h2-8,14,18-19H,9-12H2,1H3;1H. The maximum atomic E-state index is 12.5. The third-order valence-electron chi connectivity index (χ3n) is 4.19. The number of halogens is 1. The SMILES string of the molecule is CNC1CCN(C(=O)c2ccc(-c3ccccc3)[nH]2)CC1.Cl. The number of hydrogen-bond donors (Lipinski definition) is 2. The third-order valence-corrected chi connectivity index (χ3v) is 4.19. The number of H-pyrrole nitrogens is 1. The van der Waals surface area contributed by atoms with Gasteiger partial charge in [0.2, 0.25) is 0 Å². The molecule has 2 N–H and O–H groups in total. The minimum absolute atomic E-state index is 0. The summed E-state index contributed by atoms with van der Waals surface area (Å²) in [7, 11) is 1.99. The predicted molar refractivity (Wildman–Crippen MR) is 91.5 cm³/mol. The lowest BCUT2D eigenvalue weighted by Crippen LogP contribution is -2.44. The fourth-order valence-electron chi connectivity index (χ4n) is 2.85. The summed E-state index contributed by atoms with van der Waals surface area (Å²) in [5, 5.41) is 3.28. The molecule has 1 aromatic carbocycles. The number of rotatable bonds is 3. The van der Waals surface area contributed by atoms with Crippen LogP contribution in [0.1, 0.15) is 23.3 Å². The second-order valence-corrected chi connectivity index (χ2v) is 5.51. The summed E-state index contributed by atoms with van der Waals surface area (Å²) in [5.74, 6) is 0.103. The maximum absolute atomic E-state index is 12.5. The summed E-state index contributed by atoms with van der Waals surface area (Å²) < 4.78 is 0. The summed E-state index contributed by atoms with van der Waals surface area (Å²) in [5.41, 5.74) is 2.77. The van der Waals surface area contributed by atoms with Gasteiger partial charge in [0, 0.05) is 24.8 Å². The molecule has 5 heteroatoms. The number of aromatic amines is 1. The zero-order valence-corrected chi connectivity index (χ0v) is 13.5. The van der Waals surface area contributed by atoms with Crippen LogP contribution >= 0.6 is 12.4 Å². The maximum Gasteiger partial charge on any atom is 0.270 e. The Morgan fingerprint density at radius 3 is 2.45 bits per heavy atom. The van der Waals surface area contributed by atoms with Crippen molar-refractivity contribution < 1.29 is 4.79 Å². The van der Waals surface area contributed by atoms with Crippen LogP contribution in [0.15, 0.2) is 42.5 Å². The van der Waals surface area contributed by atoms with E-state index in [-0.39, 0.29) is 18.3 Å². The number of nitrogens with one attached hydrogen (secondary N) is 2. The molecule has 1 saturated heterocycles. The third kappa shape index (κ3) is 3.51. The summed E-state index contributed by atoms with van der Waals surface area (Å²) in [6.45, 7) is 1.65. The van der Waals surface area contributed by atoms with E-state index in [1.807, 2.05) is 54.4 Å². The molecular formula is C17H22ClN3O. The van der Waals surface area contributed by atoms with Crippen molar-refractivity contribution in [3.05, 3.63) is 48.2 Å². The smallest absolute Gasteiger partial charge is 0.270 e. The Kier molecular flexibility index (Phi) is 5.63. The number of carbonyl (C=O) groups is 1. The van der Waals surface area contributed by atoms with Crippen molar-refractivity contribution >= 4 is 18.3 Å². The molecule has 1 amide bonds. The van der Waals surface area contributed by atoms with E-state index in [0.717, 1.165) is 37.2 Å². The highest BCUT2D eigenvalue weighted by Gasteiger charge is 2.23. The molecule has 22 heavy (non-hydrogen) atoms. The predicted octanol–water partition coefficient (Wildman–Crippen LogP) is 2.93. The van der Waals surface area contributed by atoms with Gasteiger partial charge in [-0.15, -0.1) is 12.4 Å². The average Bonchev–Trinajstić information content (AvgIpc) is 3.05. The molecule has 1 aromatic heterocycles. The number of nitrogens with zero attached hydrogens (tertiary/aromatic N) is 1. The van der Waals surface area contributed by atoms with E-state index in [4.69, 9.17) is 0 Å². The molecule has 1 aliphatic heterocycles. The van der Waals surface area contributed by atoms with Gasteiger partial charge < -0.3 is 15.2 Å². The molecule has 0 radical (unpaired) electrons. The molecule has 0 spiro atoms. The monoisotopic (exact) mass is 319 g/mol. The zero-order chi connectivity index (χ0) is 14.7. The molecule has 1 fully saturated rings. The fraction of sp³-hybridized carbons (Fsp3) is 0.353. The van der Waals surface area contributed by atoms with Crippen molar-refractivity contribution in [2.24, 2.45) is 0 Å². The van der Waals surface area contributed by atoms with Gasteiger partial charge in [-0.1, -0.05) is 30.3 Å². The van der Waals surface area contributed by atoms with Crippen molar-refractivity contribution in [2.75, 3.05) is 20.1 Å². The summed E-state index contributed by atoms with van der Waals surface area (Å²) in [6, 6.07) is 14.5. The van der Waals surface area contributed by atoms with Crippen molar-refractivity contribution in [3.8, 4) is 11.3 Å². The quantitative estimate of drug-likeness (QED) is 0.914. The van der Waals surface area contributed by atoms with Gasteiger partial charge in [0.1, 0.15) is 5.69 Å². The molecule has 0 aliphatic carbocycles. The molecule has 0 atom stereocenters. The normalized spacial score (nSPS) is 15.4. The Labute approximate surface area is 137 Å². The van der Waals surface area contributed by atoms with E-state index < -0.39 is 0 Å². The first-order valence-electron chi connectivity index (χ1n) is 7.49. The minimum atomic E-state index is 0. The molecule has 0 saturated carbocycles.